The van der Waals surface area contributed by atoms with E-state index in [1.807, 2.05) is 0 Å². The van der Waals surface area contributed by atoms with Gasteiger partial charge in [-0.3, -0.25) is 0 Å². The molecule has 4 bridgehead atoms. The van der Waals surface area contributed by atoms with E-state index < -0.39 is 0 Å². The minimum Gasteiger partial charge on any atom is -0.338 e. The van der Waals surface area contributed by atoms with Crippen molar-refractivity contribution in [1.29, 1.82) is 0 Å². The van der Waals surface area contributed by atoms with Crippen LogP contribution in [0.3, 0.4) is 0 Å². The fraction of sp³-hybridized carbons (Fsp3) is 0.944. The predicted molar refractivity (Wildman–Crippen MR) is 91.0 cm³/mol. The van der Waals surface area contributed by atoms with Gasteiger partial charge in [0.1, 0.15) is 0 Å². The first-order chi connectivity index (χ1) is 11.1. The highest BCUT2D eigenvalue weighted by molar-refractivity contribution is 5.73. The molecule has 0 spiro atoms. The van der Waals surface area contributed by atoms with Gasteiger partial charge in [0.15, 0.2) is 0 Å². The first-order valence-electron chi connectivity index (χ1n) is 9.65. The van der Waals surface area contributed by atoms with Gasteiger partial charge in [0.05, 0.1) is 0 Å². The number of piperidine rings is 1. The molecule has 130 valence electrons. The van der Waals surface area contributed by atoms with Gasteiger partial charge in [0.25, 0.3) is 0 Å². The Labute approximate surface area is 139 Å². The third-order valence-corrected chi connectivity index (χ3v) is 7.22. The number of nitrogens with two attached hydrogens (primary N) is 1. The Bertz CT molecular complexity index is 418. The summed E-state index contributed by atoms with van der Waals surface area (Å²) < 4.78 is 0. The molecule has 0 aromatic carbocycles. The molecule has 5 aliphatic rings. The lowest BCUT2D eigenvalue weighted by Gasteiger charge is -2.59. The number of carbonyl (C=O) groups is 1. The minimum atomic E-state index is -0.153. The van der Waals surface area contributed by atoms with Crippen molar-refractivity contribution in [2.75, 3.05) is 26.2 Å². The first kappa shape index (κ1) is 15.7. The van der Waals surface area contributed by atoms with E-state index >= 15 is 0 Å². The number of rotatable bonds is 4. The second kappa shape index (κ2) is 6.25. The summed E-state index contributed by atoms with van der Waals surface area (Å²) in [6.07, 6.45) is 8.93. The van der Waals surface area contributed by atoms with Gasteiger partial charge in [0, 0.05) is 18.6 Å². The zero-order valence-electron chi connectivity index (χ0n) is 14.2. The Balaban J connectivity index is 1.26. The topological polar surface area (TPSA) is 79.2 Å². The Morgan fingerprint density at radius 1 is 1.00 bits per heavy atom. The van der Waals surface area contributed by atoms with Gasteiger partial charge in [-0.1, -0.05) is 0 Å². The van der Waals surface area contributed by atoms with Crippen molar-refractivity contribution in [3.8, 4) is 0 Å². The van der Waals surface area contributed by atoms with Crippen LogP contribution in [0.15, 0.2) is 0 Å². The van der Waals surface area contributed by atoms with Gasteiger partial charge >= 0.3 is 6.03 Å². The molecule has 4 saturated carbocycles. The van der Waals surface area contributed by atoms with E-state index in [4.69, 9.17) is 5.73 Å². The van der Waals surface area contributed by atoms with Gasteiger partial charge in [-0.05, 0) is 87.6 Å². The summed E-state index contributed by atoms with van der Waals surface area (Å²) in [7, 11) is 0. The van der Waals surface area contributed by atoms with E-state index in [0.29, 0.717) is 24.3 Å². The van der Waals surface area contributed by atoms with E-state index in [1.54, 1.807) is 0 Å². The molecule has 5 fully saturated rings. The second-order valence-corrected chi connectivity index (χ2v) is 8.67. The third-order valence-electron chi connectivity index (χ3n) is 7.22. The summed E-state index contributed by atoms with van der Waals surface area (Å²) in [6.45, 7) is 3.60. The molecule has 4 aliphatic carbocycles. The monoisotopic (exact) mass is 320 g/mol. The van der Waals surface area contributed by atoms with Crippen molar-refractivity contribution in [1.82, 2.24) is 16.0 Å². The summed E-state index contributed by atoms with van der Waals surface area (Å²) in [5.74, 6) is 3.72. The Morgan fingerprint density at radius 3 is 2.22 bits per heavy atom. The van der Waals surface area contributed by atoms with Crippen molar-refractivity contribution in [2.24, 2.45) is 35.3 Å². The molecule has 5 N–H and O–H groups in total. The predicted octanol–water partition coefficient (Wildman–Crippen LogP) is 1.44. The maximum atomic E-state index is 12.2. The maximum Gasteiger partial charge on any atom is 0.314 e. The highest BCUT2D eigenvalue weighted by Gasteiger charge is 2.55. The number of nitrogens with one attached hydrogen (secondary N) is 3. The van der Waals surface area contributed by atoms with Crippen LogP contribution in [0, 0.1) is 29.6 Å². The summed E-state index contributed by atoms with van der Waals surface area (Å²) >= 11 is 0. The van der Waals surface area contributed by atoms with Crippen molar-refractivity contribution in [3.63, 3.8) is 0 Å². The van der Waals surface area contributed by atoms with Crippen LogP contribution in [0.1, 0.15) is 44.9 Å². The third kappa shape index (κ3) is 3.10. The fourth-order valence-corrected chi connectivity index (χ4v) is 5.97. The van der Waals surface area contributed by atoms with Crippen LogP contribution >= 0.6 is 0 Å². The molecule has 0 radical (unpaired) electrons. The van der Waals surface area contributed by atoms with E-state index in [0.717, 1.165) is 44.3 Å². The summed E-state index contributed by atoms with van der Waals surface area (Å²) in [6, 6.07) is -0.0258. The quantitative estimate of drug-likeness (QED) is 0.633. The molecule has 23 heavy (non-hydrogen) atoms. The molecule has 0 aromatic heterocycles. The maximum absolute atomic E-state index is 12.2. The molecule has 2 amide bonds. The highest BCUT2D eigenvalue weighted by Crippen LogP contribution is 2.57. The Hall–Kier alpha value is -0.810. The largest absolute Gasteiger partial charge is 0.338 e. The summed E-state index contributed by atoms with van der Waals surface area (Å²) in [5, 5.41) is 9.52. The molecular weight excluding hydrogens is 288 g/mol. The van der Waals surface area contributed by atoms with Crippen molar-refractivity contribution < 1.29 is 4.79 Å². The van der Waals surface area contributed by atoms with E-state index in [2.05, 4.69) is 16.0 Å². The van der Waals surface area contributed by atoms with Crippen LogP contribution in [0.25, 0.3) is 0 Å². The van der Waals surface area contributed by atoms with E-state index in [1.165, 1.54) is 32.1 Å². The fourth-order valence-electron chi connectivity index (χ4n) is 5.97. The number of hydrogen-bond donors (Lipinski definition) is 4. The first-order valence-corrected chi connectivity index (χ1v) is 9.65. The molecule has 1 heterocycles. The van der Waals surface area contributed by atoms with Crippen LogP contribution in [0.5, 0.6) is 0 Å². The van der Waals surface area contributed by atoms with Crippen molar-refractivity contribution >= 4 is 6.03 Å². The molecule has 0 aromatic rings. The van der Waals surface area contributed by atoms with Crippen LogP contribution in [0.4, 0.5) is 4.79 Å². The van der Waals surface area contributed by atoms with Crippen molar-refractivity contribution in [2.45, 2.75) is 50.5 Å². The second-order valence-electron chi connectivity index (χ2n) is 8.67. The molecule has 5 nitrogen and oxygen atoms in total. The zero-order chi connectivity index (χ0) is 15.9. The van der Waals surface area contributed by atoms with Gasteiger partial charge in [-0.25, -0.2) is 4.79 Å². The molecule has 5 rings (SSSR count). The highest BCUT2D eigenvalue weighted by atomic mass is 16.2. The molecule has 0 unspecified atom stereocenters. The van der Waals surface area contributed by atoms with Gasteiger partial charge < -0.3 is 21.7 Å². The number of amides is 2. The lowest BCUT2D eigenvalue weighted by molar-refractivity contribution is -0.0529. The minimum absolute atomic E-state index is 0.0258. The summed E-state index contributed by atoms with van der Waals surface area (Å²) in [5.41, 5.74) is 6.67. The van der Waals surface area contributed by atoms with Crippen LogP contribution in [-0.2, 0) is 0 Å². The van der Waals surface area contributed by atoms with Gasteiger partial charge in [-0.2, -0.15) is 0 Å². The average molecular weight is 320 g/mol. The molecule has 1 saturated heterocycles. The van der Waals surface area contributed by atoms with Gasteiger partial charge in [0.2, 0.25) is 0 Å². The summed E-state index contributed by atoms with van der Waals surface area (Å²) in [4.78, 5) is 12.2. The zero-order valence-corrected chi connectivity index (χ0v) is 14.2. The van der Waals surface area contributed by atoms with Crippen LogP contribution in [-0.4, -0.2) is 37.7 Å². The number of hydrogen-bond acceptors (Lipinski definition) is 3. The smallest absolute Gasteiger partial charge is 0.314 e. The standard InChI is InChI=1S/C18H32N4O/c19-18(15-6-13-5-14(8-15)9-16(18)7-13)11-22-17(23)21-10-12-1-3-20-4-2-12/h12-16,20H,1-11,19H2,(H2,21,22,23). The van der Waals surface area contributed by atoms with Crippen LogP contribution < -0.4 is 21.7 Å². The number of urea groups is 1. The molecule has 0 atom stereocenters. The molecule has 5 heteroatoms. The number of carbonyl (C=O) groups excluding carboxylic acids is 1. The van der Waals surface area contributed by atoms with E-state index in [-0.39, 0.29) is 11.6 Å². The Kier molecular flexibility index (Phi) is 4.26. The molecular formula is C18H32N4O. The lowest BCUT2D eigenvalue weighted by atomic mass is 9.49. The lowest BCUT2D eigenvalue weighted by Crippen LogP contribution is -2.67. The van der Waals surface area contributed by atoms with Crippen LogP contribution in [0.2, 0.25) is 0 Å². The normalized spacial score (nSPS) is 42.7. The average Bonchev–Trinajstić information content (AvgIpc) is 2.56. The van der Waals surface area contributed by atoms with Gasteiger partial charge in [-0.15, -0.1) is 0 Å². The van der Waals surface area contributed by atoms with E-state index in [9.17, 15) is 4.79 Å². The van der Waals surface area contributed by atoms with Crippen molar-refractivity contribution in [3.05, 3.63) is 0 Å². The molecule has 1 aliphatic heterocycles. The SMILES string of the molecule is NC1(CNC(=O)NCC2CCNCC2)C2CC3CC(C2)CC1C3. The Morgan fingerprint density at radius 2 is 1.61 bits per heavy atom.